The molecule has 2 amide bonds. The Morgan fingerprint density at radius 3 is 2.96 bits per heavy atom. The van der Waals surface area contributed by atoms with E-state index >= 15 is 0 Å². The molecule has 2 saturated heterocycles. The summed E-state index contributed by atoms with van der Waals surface area (Å²) in [6.07, 6.45) is 1.84. The summed E-state index contributed by atoms with van der Waals surface area (Å²) in [4.78, 5) is 16.2. The number of rotatable bonds is 3. The van der Waals surface area contributed by atoms with E-state index in [2.05, 4.69) is 46.5 Å². The maximum atomic E-state index is 11.7. The smallest absolute Gasteiger partial charge is 0.317 e. The third-order valence-corrected chi connectivity index (χ3v) is 5.07. The fourth-order valence-electron chi connectivity index (χ4n) is 3.76. The Balaban J connectivity index is 1.57. The molecular formula is C18H23N5O. The minimum Gasteiger partial charge on any atom is -0.336 e. The van der Waals surface area contributed by atoms with E-state index in [0.717, 1.165) is 38.4 Å². The third kappa shape index (κ3) is 2.67. The van der Waals surface area contributed by atoms with Crippen molar-refractivity contribution in [2.75, 3.05) is 26.2 Å². The van der Waals surface area contributed by atoms with Gasteiger partial charge < -0.3 is 10.2 Å². The van der Waals surface area contributed by atoms with Crippen molar-refractivity contribution in [3.8, 4) is 11.3 Å². The van der Waals surface area contributed by atoms with Crippen LogP contribution in [-0.4, -0.2) is 57.8 Å². The second kappa shape index (κ2) is 5.94. The monoisotopic (exact) mass is 325 g/mol. The molecule has 2 aliphatic rings. The molecule has 1 unspecified atom stereocenters. The van der Waals surface area contributed by atoms with Crippen molar-refractivity contribution in [3.05, 3.63) is 41.6 Å². The number of hydrogen-bond donors (Lipinski definition) is 1. The standard InChI is InChI=1S/C18H23N5O/c1-13-3-4-14(16(9-13)17-5-6-20-21(17)2)11-22-7-8-23-15(12-22)10-19-18(23)24/h3-6,9,15H,7-8,10-12H2,1-2H3,(H,19,24). The lowest BCUT2D eigenvalue weighted by Gasteiger charge is -2.36. The Morgan fingerprint density at radius 2 is 2.17 bits per heavy atom. The molecule has 1 aromatic carbocycles. The van der Waals surface area contributed by atoms with E-state index in [1.54, 1.807) is 0 Å². The molecule has 0 saturated carbocycles. The van der Waals surface area contributed by atoms with Gasteiger partial charge in [0, 0.05) is 51.5 Å². The Labute approximate surface area is 142 Å². The van der Waals surface area contributed by atoms with E-state index in [-0.39, 0.29) is 6.03 Å². The molecule has 6 heteroatoms. The fourth-order valence-corrected chi connectivity index (χ4v) is 3.76. The Hall–Kier alpha value is -2.34. The first-order chi connectivity index (χ1) is 11.6. The van der Waals surface area contributed by atoms with Crippen LogP contribution in [0.3, 0.4) is 0 Å². The van der Waals surface area contributed by atoms with Gasteiger partial charge in [0.05, 0.1) is 11.7 Å². The Bertz CT molecular complexity index is 769. The first-order valence-electron chi connectivity index (χ1n) is 8.46. The number of aryl methyl sites for hydroxylation is 2. The number of fused-ring (bicyclic) bond motifs is 1. The van der Waals surface area contributed by atoms with Crippen LogP contribution >= 0.6 is 0 Å². The average Bonchev–Trinajstić information content (AvgIpc) is 3.15. The SMILES string of the molecule is Cc1ccc(CN2CCN3C(=O)NCC3C2)c(-c2ccnn2C)c1. The molecule has 126 valence electrons. The number of carbonyl (C=O) groups is 1. The summed E-state index contributed by atoms with van der Waals surface area (Å²) in [5.74, 6) is 0. The molecule has 6 nitrogen and oxygen atoms in total. The molecule has 0 aliphatic carbocycles. The quantitative estimate of drug-likeness (QED) is 0.933. The molecule has 4 rings (SSSR count). The van der Waals surface area contributed by atoms with Gasteiger partial charge in [-0.15, -0.1) is 0 Å². The van der Waals surface area contributed by atoms with Crippen molar-refractivity contribution >= 4 is 6.03 Å². The van der Waals surface area contributed by atoms with Crippen molar-refractivity contribution in [2.45, 2.75) is 19.5 Å². The van der Waals surface area contributed by atoms with Crippen LogP contribution in [-0.2, 0) is 13.6 Å². The molecular weight excluding hydrogens is 302 g/mol. The number of hydrogen-bond acceptors (Lipinski definition) is 3. The molecule has 2 aliphatic heterocycles. The molecule has 0 bridgehead atoms. The second-order valence-corrected chi connectivity index (χ2v) is 6.77. The first-order valence-corrected chi connectivity index (χ1v) is 8.46. The summed E-state index contributed by atoms with van der Waals surface area (Å²) in [6.45, 7) is 6.44. The maximum Gasteiger partial charge on any atom is 0.317 e. The van der Waals surface area contributed by atoms with E-state index in [4.69, 9.17) is 0 Å². The second-order valence-electron chi connectivity index (χ2n) is 6.77. The van der Waals surface area contributed by atoms with Crippen LogP contribution < -0.4 is 5.32 Å². The van der Waals surface area contributed by atoms with Crippen molar-refractivity contribution in [1.82, 2.24) is 24.9 Å². The van der Waals surface area contributed by atoms with Gasteiger partial charge in [-0.2, -0.15) is 5.10 Å². The largest absolute Gasteiger partial charge is 0.336 e. The minimum absolute atomic E-state index is 0.0885. The highest BCUT2D eigenvalue weighted by Gasteiger charge is 2.35. The summed E-state index contributed by atoms with van der Waals surface area (Å²) in [7, 11) is 1.98. The van der Waals surface area contributed by atoms with Crippen molar-refractivity contribution in [1.29, 1.82) is 0 Å². The summed E-state index contributed by atoms with van der Waals surface area (Å²) >= 11 is 0. The van der Waals surface area contributed by atoms with Gasteiger partial charge in [0.25, 0.3) is 0 Å². The zero-order valence-corrected chi connectivity index (χ0v) is 14.2. The summed E-state index contributed by atoms with van der Waals surface area (Å²) in [6, 6.07) is 9.09. The summed E-state index contributed by atoms with van der Waals surface area (Å²) in [5, 5.41) is 7.26. The normalized spacial score (nSPS) is 21.0. The van der Waals surface area contributed by atoms with Gasteiger partial charge in [-0.3, -0.25) is 9.58 Å². The highest BCUT2D eigenvalue weighted by Crippen LogP contribution is 2.26. The Morgan fingerprint density at radius 1 is 1.29 bits per heavy atom. The molecule has 0 radical (unpaired) electrons. The van der Waals surface area contributed by atoms with Crippen molar-refractivity contribution in [3.63, 3.8) is 0 Å². The zero-order chi connectivity index (χ0) is 16.7. The lowest BCUT2D eigenvalue weighted by Crippen LogP contribution is -2.51. The van der Waals surface area contributed by atoms with Gasteiger partial charge in [0.1, 0.15) is 0 Å². The highest BCUT2D eigenvalue weighted by atomic mass is 16.2. The zero-order valence-electron chi connectivity index (χ0n) is 14.2. The van der Waals surface area contributed by atoms with Crippen LogP contribution in [0.1, 0.15) is 11.1 Å². The molecule has 1 N–H and O–H groups in total. The van der Waals surface area contributed by atoms with Gasteiger partial charge >= 0.3 is 6.03 Å². The van der Waals surface area contributed by atoms with Crippen molar-refractivity contribution < 1.29 is 4.79 Å². The number of piperazine rings is 1. The number of urea groups is 1. The van der Waals surface area contributed by atoms with Crippen LogP contribution in [0.15, 0.2) is 30.5 Å². The maximum absolute atomic E-state index is 11.7. The predicted octanol–water partition coefficient (Wildman–Crippen LogP) is 1.60. The topological polar surface area (TPSA) is 53.4 Å². The van der Waals surface area contributed by atoms with Gasteiger partial charge in [0.15, 0.2) is 0 Å². The van der Waals surface area contributed by atoms with Crippen LogP contribution in [0.2, 0.25) is 0 Å². The lowest BCUT2D eigenvalue weighted by atomic mass is 10.0. The van der Waals surface area contributed by atoms with Gasteiger partial charge in [0.2, 0.25) is 0 Å². The van der Waals surface area contributed by atoms with Crippen LogP contribution in [0, 0.1) is 6.92 Å². The molecule has 3 heterocycles. The number of aromatic nitrogens is 2. The average molecular weight is 325 g/mol. The van der Waals surface area contributed by atoms with Crippen molar-refractivity contribution in [2.24, 2.45) is 7.05 Å². The van der Waals surface area contributed by atoms with Crippen LogP contribution in [0.25, 0.3) is 11.3 Å². The van der Waals surface area contributed by atoms with E-state index in [1.165, 1.54) is 16.7 Å². The van der Waals surface area contributed by atoms with E-state index < -0.39 is 0 Å². The minimum atomic E-state index is 0.0885. The van der Waals surface area contributed by atoms with Gasteiger partial charge in [-0.1, -0.05) is 17.7 Å². The molecule has 1 aromatic heterocycles. The molecule has 0 spiro atoms. The van der Waals surface area contributed by atoms with E-state index in [0.29, 0.717) is 6.04 Å². The van der Waals surface area contributed by atoms with E-state index in [1.807, 2.05) is 22.8 Å². The molecule has 1 atom stereocenters. The number of amides is 2. The number of nitrogens with one attached hydrogen (secondary N) is 1. The highest BCUT2D eigenvalue weighted by molar-refractivity contribution is 5.77. The van der Waals surface area contributed by atoms with Crippen LogP contribution in [0.5, 0.6) is 0 Å². The molecule has 2 fully saturated rings. The predicted molar refractivity (Wildman–Crippen MR) is 92.6 cm³/mol. The van der Waals surface area contributed by atoms with Crippen LogP contribution in [0.4, 0.5) is 4.79 Å². The van der Waals surface area contributed by atoms with E-state index in [9.17, 15) is 4.79 Å². The van der Waals surface area contributed by atoms with Gasteiger partial charge in [-0.25, -0.2) is 4.79 Å². The first kappa shape index (κ1) is 15.2. The molecule has 2 aromatic rings. The third-order valence-electron chi connectivity index (χ3n) is 5.07. The Kier molecular flexibility index (Phi) is 3.76. The summed E-state index contributed by atoms with van der Waals surface area (Å²) in [5.41, 5.74) is 4.96. The number of carbonyl (C=O) groups excluding carboxylic acids is 1. The summed E-state index contributed by atoms with van der Waals surface area (Å²) < 4.78 is 1.93. The fraction of sp³-hybridized carbons (Fsp3) is 0.444. The molecule has 24 heavy (non-hydrogen) atoms. The number of benzene rings is 1. The lowest BCUT2D eigenvalue weighted by molar-refractivity contribution is 0.117. The number of nitrogens with zero attached hydrogens (tertiary/aromatic N) is 4. The van der Waals surface area contributed by atoms with Gasteiger partial charge in [-0.05, 0) is 24.6 Å².